The van der Waals surface area contributed by atoms with Gasteiger partial charge < -0.3 is 24.8 Å². The summed E-state index contributed by atoms with van der Waals surface area (Å²) in [7, 11) is 4.52. The molecule has 0 saturated carbocycles. The van der Waals surface area contributed by atoms with Gasteiger partial charge in [-0.3, -0.25) is 0 Å². The van der Waals surface area contributed by atoms with Crippen molar-refractivity contribution in [2.45, 2.75) is 12.5 Å². The molecule has 0 saturated heterocycles. The Morgan fingerprint density at radius 2 is 1.69 bits per heavy atom. The molecule has 0 radical (unpaired) electrons. The van der Waals surface area contributed by atoms with E-state index in [2.05, 4.69) is 10.6 Å². The molecule has 2 aromatic rings. The molecule has 2 amide bonds. The molecular formula is C19H23FN2O4. The monoisotopic (exact) mass is 362 g/mol. The van der Waals surface area contributed by atoms with E-state index in [1.165, 1.54) is 27.4 Å². The van der Waals surface area contributed by atoms with Crippen molar-refractivity contribution < 1.29 is 23.4 Å². The largest absolute Gasteiger partial charge is 0.497 e. The van der Waals surface area contributed by atoms with Crippen LogP contribution in [0.15, 0.2) is 42.5 Å². The van der Waals surface area contributed by atoms with E-state index in [-0.39, 0.29) is 6.54 Å². The first-order valence-corrected chi connectivity index (χ1v) is 8.00. The SMILES string of the molecule is COc1cc(NC(=O)NCC(C)(OC)c2ccccc2F)cc(OC)c1. The van der Waals surface area contributed by atoms with Crippen LogP contribution in [-0.4, -0.2) is 33.9 Å². The predicted molar refractivity (Wildman–Crippen MR) is 97.3 cm³/mol. The number of anilines is 1. The third kappa shape index (κ3) is 4.64. The molecule has 2 N–H and O–H groups in total. The van der Waals surface area contributed by atoms with Gasteiger partial charge in [-0.15, -0.1) is 0 Å². The lowest BCUT2D eigenvalue weighted by Crippen LogP contribution is -2.42. The van der Waals surface area contributed by atoms with Crippen molar-refractivity contribution in [3.8, 4) is 11.5 Å². The lowest BCUT2D eigenvalue weighted by molar-refractivity contribution is 0.00235. The van der Waals surface area contributed by atoms with E-state index in [0.717, 1.165) is 0 Å². The molecule has 0 aliphatic heterocycles. The summed E-state index contributed by atoms with van der Waals surface area (Å²) in [4.78, 5) is 12.2. The van der Waals surface area contributed by atoms with Gasteiger partial charge in [-0.2, -0.15) is 0 Å². The second-order valence-corrected chi connectivity index (χ2v) is 5.82. The zero-order valence-corrected chi connectivity index (χ0v) is 15.3. The van der Waals surface area contributed by atoms with Gasteiger partial charge in [0, 0.05) is 36.6 Å². The smallest absolute Gasteiger partial charge is 0.319 e. The lowest BCUT2D eigenvalue weighted by Gasteiger charge is -2.29. The molecule has 0 heterocycles. The Morgan fingerprint density at radius 1 is 1.08 bits per heavy atom. The number of amides is 2. The topological polar surface area (TPSA) is 68.8 Å². The summed E-state index contributed by atoms with van der Waals surface area (Å²) in [5.41, 5.74) is -0.135. The molecule has 140 valence electrons. The van der Waals surface area contributed by atoms with Crippen LogP contribution in [0.2, 0.25) is 0 Å². The van der Waals surface area contributed by atoms with Crippen molar-refractivity contribution in [2.24, 2.45) is 0 Å². The number of urea groups is 1. The first kappa shape index (κ1) is 19.5. The van der Waals surface area contributed by atoms with Gasteiger partial charge in [0.05, 0.1) is 20.8 Å². The van der Waals surface area contributed by atoms with E-state index in [1.807, 2.05) is 0 Å². The van der Waals surface area contributed by atoms with Gasteiger partial charge >= 0.3 is 6.03 Å². The van der Waals surface area contributed by atoms with Crippen LogP contribution in [0.4, 0.5) is 14.9 Å². The number of methoxy groups -OCH3 is 3. The van der Waals surface area contributed by atoms with Crippen molar-refractivity contribution in [3.05, 3.63) is 53.8 Å². The van der Waals surface area contributed by atoms with Crippen molar-refractivity contribution in [1.29, 1.82) is 0 Å². The number of ether oxygens (including phenoxy) is 3. The summed E-state index contributed by atoms with van der Waals surface area (Å²) in [6.45, 7) is 1.79. The van der Waals surface area contributed by atoms with E-state index >= 15 is 0 Å². The van der Waals surface area contributed by atoms with Crippen molar-refractivity contribution in [3.63, 3.8) is 0 Å². The number of hydrogen-bond donors (Lipinski definition) is 2. The Hall–Kier alpha value is -2.80. The van der Waals surface area contributed by atoms with E-state index in [0.29, 0.717) is 22.7 Å². The molecule has 2 rings (SSSR count). The minimum absolute atomic E-state index is 0.0807. The van der Waals surface area contributed by atoms with Crippen molar-refractivity contribution in [1.82, 2.24) is 5.32 Å². The maximum atomic E-state index is 14.1. The minimum Gasteiger partial charge on any atom is -0.497 e. The predicted octanol–water partition coefficient (Wildman–Crippen LogP) is 3.53. The normalized spacial score (nSPS) is 12.8. The third-order valence-electron chi connectivity index (χ3n) is 4.09. The molecule has 7 heteroatoms. The fraction of sp³-hybridized carbons (Fsp3) is 0.316. The molecule has 0 aliphatic rings. The second-order valence-electron chi connectivity index (χ2n) is 5.82. The molecular weight excluding hydrogens is 339 g/mol. The minimum atomic E-state index is -1.01. The zero-order chi connectivity index (χ0) is 19.2. The van der Waals surface area contributed by atoms with Crippen molar-refractivity contribution in [2.75, 3.05) is 33.2 Å². The fourth-order valence-corrected chi connectivity index (χ4v) is 2.47. The first-order chi connectivity index (χ1) is 12.4. The van der Waals surface area contributed by atoms with Crippen LogP contribution < -0.4 is 20.1 Å². The van der Waals surface area contributed by atoms with Gasteiger partial charge in [0.15, 0.2) is 0 Å². The Balaban J connectivity index is 2.07. The highest BCUT2D eigenvalue weighted by Crippen LogP contribution is 2.27. The number of hydrogen-bond acceptors (Lipinski definition) is 4. The number of carbonyl (C=O) groups excluding carboxylic acids is 1. The van der Waals surface area contributed by atoms with E-state index in [4.69, 9.17) is 14.2 Å². The highest BCUT2D eigenvalue weighted by atomic mass is 19.1. The molecule has 26 heavy (non-hydrogen) atoms. The first-order valence-electron chi connectivity index (χ1n) is 8.00. The Kier molecular flexibility index (Phi) is 6.41. The molecule has 6 nitrogen and oxygen atoms in total. The van der Waals surface area contributed by atoms with Crippen LogP contribution in [0.5, 0.6) is 11.5 Å². The average Bonchev–Trinajstić information content (AvgIpc) is 2.66. The quantitative estimate of drug-likeness (QED) is 0.791. The molecule has 1 unspecified atom stereocenters. The van der Waals surface area contributed by atoms with E-state index < -0.39 is 17.4 Å². The highest BCUT2D eigenvalue weighted by Gasteiger charge is 2.29. The molecule has 0 fully saturated rings. The summed E-state index contributed by atoms with van der Waals surface area (Å²) in [5, 5.41) is 5.39. The summed E-state index contributed by atoms with van der Waals surface area (Å²) >= 11 is 0. The summed E-state index contributed by atoms with van der Waals surface area (Å²) in [6.07, 6.45) is 0. The average molecular weight is 362 g/mol. The second kappa shape index (κ2) is 8.53. The highest BCUT2D eigenvalue weighted by molar-refractivity contribution is 5.89. The fourth-order valence-electron chi connectivity index (χ4n) is 2.47. The molecule has 0 spiro atoms. The number of halogens is 1. The van der Waals surface area contributed by atoms with Crippen LogP contribution >= 0.6 is 0 Å². The van der Waals surface area contributed by atoms with E-state index in [1.54, 1.807) is 43.3 Å². The number of carbonyl (C=O) groups is 1. The van der Waals surface area contributed by atoms with Gasteiger partial charge in [0.1, 0.15) is 22.9 Å². The standard InChI is InChI=1S/C19H23FN2O4/c1-19(26-4,16-7-5-6-8-17(16)20)12-21-18(23)22-13-9-14(24-2)11-15(10-13)25-3/h5-11H,12H2,1-4H3,(H2,21,22,23). The van der Waals surface area contributed by atoms with Gasteiger partial charge in [-0.25, -0.2) is 9.18 Å². The summed E-state index contributed by atoms with van der Waals surface area (Å²) in [6, 6.07) is 10.9. The number of rotatable bonds is 7. The van der Waals surface area contributed by atoms with Gasteiger partial charge in [-0.1, -0.05) is 18.2 Å². The molecule has 0 aliphatic carbocycles. The lowest BCUT2D eigenvalue weighted by atomic mass is 9.95. The molecule has 2 aromatic carbocycles. The van der Waals surface area contributed by atoms with E-state index in [9.17, 15) is 9.18 Å². The molecule has 1 atom stereocenters. The van der Waals surface area contributed by atoms with Crippen LogP contribution in [-0.2, 0) is 10.3 Å². The van der Waals surface area contributed by atoms with Crippen molar-refractivity contribution >= 4 is 11.7 Å². The maximum absolute atomic E-state index is 14.1. The van der Waals surface area contributed by atoms with Crippen LogP contribution in [0.25, 0.3) is 0 Å². The number of nitrogens with one attached hydrogen (secondary N) is 2. The Bertz CT molecular complexity index is 747. The van der Waals surface area contributed by atoms with Crippen LogP contribution in [0.1, 0.15) is 12.5 Å². The Labute approximate surface area is 152 Å². The maximum Gasteiger partial charge on any atom is 0.319 e. The Morgan fingerprint density at radius 3 is 2.23 bits per heavy atom. The number of benzene rings is 2. The summed E-state index contributed by atoms with van der Waals surface area (Å²) in [5.74, 6) is 0.706. The molecule has 0 bridgehead atoms. The van der Waals surface area contributed by atoms with Gasteiger partial charge in [0.2, 0.25) is 0 Å². The summed E-state index contributed by atoms with van der Waals surface area (Å²) < 4.78 is 29.9. The van der Waals surface area contributed by atoms with Crippen LogP contribution in [0, 0.1) is 5.82 Å². The third-order valence-corrected chi connectivity index (χ3v) is 4.09. The van der Waals surface area contributed by atoms with Crippen LogP contribution in [0.3, 0.4) is 0 Å². The van der Waals surface area contributed by atoms with Gasteiger partial charge in [-0.05, 0) is 13.0 Å². The van der Waals surface area contributed by atoms with Gasteiger partial charge in [0.25, 0.3) is 0 Å². The zero-order valence-electron chi connectivity index (χ0n) is 15.3. The molecule has 0 aromatic heterocycles.